The second kappa shape index (κ2) is 6.25. The average molecular weight is 257 g/mol. The summed E-state index contributed by atoms with van der Waals surface area (Å²) in [6.07, 6.45) is 0.974. The van der Waals surface area contributed by atoms with Gasteiger partial charge in [-0.1, -0.05) is 25.1 Å². The summed E-state index contributed by atoms with van der Waals surface area (Å²) in [5.74, 6) is 2.25. The Morgan fingerprint density at radius 3 is 2.21 bits per heavy atom. The van der Waals surface area contributed by atoms with Gasteiger partial charge in [0.2, 0.25) is 0 Å². The molecule has 0 bridgehead atoms. The number of hydrogen-bond acceptors (Lipinski definition) is 3. The van der Waals surface area contributed by atoms with Crippen molar-refractivity contribution >= 4 is 0 Å². The Bertz CT molecular complexity index is 535. The molecular weight excluding hydrogens is 238 g/mol. The summed E-state index contributed by atoms with van der Waals surface area (Å²) in [7, 11) is 1.65. The van der Waals surface area contributed by atoms with Crippen molar-refractivity contribution in [3.63, 3.8) is 0 Å². The molecule has 19 heavy (non-hydrogen) atoms. The smallest absolute Gasteiger partial charge is 0.169 e. The van der Waals surface area contributed by atoms with Crippen molar-refractivity contribution in [3.8, 4) is 17.2 Å². The van der Waals surface area contributed by atoms with E-state index in [0.717, 1.165) is 29.2 Å². The zero-order valence-electron chi connectivity index (χ0n) is 11.3. The van der Waals surface area contributed by atoms with Gasteiger partial charge < -0.3 is 15.2 Å². The fourth-order valence-electron chi connectivity index (χ4n) is 1.84. The molecule has 0 saturated heterocycles. The van der Waals surface area contributed by atoms with Gasteiger partial charge in [-0.15, -0.1) is 0 Å². The molecular formula is C16H19NO2. The topological polar surface area (TPSA) is 44.5 Å². The normalized spacial score (nSPS) is 10.3. The summed E-state index contributed by atoms with van der Waals surface area (Å²) in [5, 5.41) is 0. The van der Waals surface area contributed by atoms with E-state index in [0.29, 0.717) is 6.54 Å². The molecule has 0 heterocycles. The fourth-order valence-corrected chi connectivity index (χ4v) is 1.84. The van der Waals surface area contributed by atoms with E-state index in [9.17, 15) is 0 Å². The standard InChI is InChI=1S/C16H19NO2/c1-3-12-6-9-15(16(10-12)18-2)19-14-7-4-13(11-17)5-8-14/h4-10H,3,11,17H2,1-2H3. The number of aryl methyl sites for hydroxylation is 1. The molecule has 0 radical (unpaired) electrons. The van der Waals surface area contributed by atoms with Gasteiger partial charge in [0.05, 0.1) is 7.11 Å². The van der Waals surface area contributed by atoms with Crippen molar-refractivity contribution in [2.75, 3.05) is 7.11 Å². The molecule has 0 fully saturated rings. The lowest BCUT2D eigenvalue weighted by atomic mass is 10.1. The Kier molecular flexibility index (Phi) is 4.42. The van der Waals surface area contributed by atoms with Crippen molar-refractivity contribution in [2.45, 2.75) is 19.9 Å². The Labute approximate surface area is 114 Å². The quantitative estimate of drug-likeness (QED) is 0.891. The van der Waals surface area contributed by atoms with Crippen LogP contribution >= 0.6 is 0 Å². The molecule has 0 aliphatic carbocycles. The highest BCUT2D eigenvalue weighted by molar-refractivity contribution is 5.45. The van der Waals surface area contributed by atoms with Gasteiger partial charge in [-0.25, -0.2) is 0 Å². The van der Waals surface area contributed by atoms with E-state index in [-0.39, 0.29) is 0 Å². The number of methoxy groups -OCH3 is 1. The fraction of sp³-hybridized carbons (Fsp3) is 0.250. The van der Waals surface area contributed by atoms with Gasteiger partial charge in [-0.05, 0) is 41.8 Å². The molecule has 0 atom stereocenters. The monoisotopic (exact) mass is 257 g/mol. The Balaban J connectivity index is 2.21. The molecule has 2 aromatic carbocycles. The number of hydrogen-bond donors (Lipinski definition) is 1. The molecule has 2 rings (SSSR count). The Hall–Kier alpha value is -2.00. The Morgan fingerprint density at radius 2 is 1.63 bits per heavy atom. The summed E-state index contributed by atoms with van der Waals surface area (Å²) in [5.41, 5.74) is 7.88. The first-order chi connectivity index (χ1) is 9.26. The highest BCUT2D eigenvalue weighted by Gasteiger charge is 2.06. The third kappa shape index (κ3) is 3.26. The van der Waals surface area contributed by atoms with E-state index >= 15 is 0 Å². The minimum atomic E-state index is 0.537. The van der Waals surface area contributed by atoms with Crippen LogP contribution < -0.4 is 15.2 Å². The van der Waals surface area contributed by atoms with E-state index in [1.54, 1.807) is 7.11 Å². The summed E-state index contributed by atoms with van der Waals surface area (Å²) >= 11 is 0. The largest absolute Gasteiger partial charge is 0.493 e. The van der Waals surface area contributed by atoms with Gasteiger partial charge in [0.25, 0.3) is 0 Å². The first-order valence-electron chi connectivity index (χ1n) is 6.40. The lowest BCUT2D eigenvalue weighted by Gasteiger charge is -2.11. The first-order valence-corrected chi connectivity index (χ1v) is 6.40. The molecule has 0 aromatic heterocycles. The second-order valence-corrected chi connectivity index (χ2v) is 4.29. The van der Waals surface area contributed by atoms with Crippen molar-refractivity contribution in [3.05, 3.63) is 53.6 Å². The van der Waals surface area contributed by atoms with Crippen LogP contribution in [0.2, 0.25) is 0 Å². The van der Waals surface area contributed by atoms with Crippen LogP contribution in [0.5, 0.6) is 17.2 Å². The van der Waals surface area contributed by atoms with Crippen molar-refractivity contribution in [1.82, 2.24) is 0 Å². The van der Waals surface area contributed by atoms with Gasteiger partial charge in [-0.3, -0.25) is 0 Å². The van der Waals surface area contributed by atoms with E-state index in [1.165, 1.54) is 5.56 Å². The maximum absolute atomic E-state index is 5.83. The predicted molar refractivity (Wildman–Crippen MR) is 76.8 cm³/mol. The summed E-state index contributed by atoms with van der Waals surface area (Å²) in [6, 6.07) is 13.7. The molecule has 0 unspecified atom stereocenters. The van der Waals surface area contributed by atoms with Gasteiger partial charge >= 0.3 is 0 Å². The van der Waals surface area contributed by atoms with Crippen LogP contribution in [0.4, 0.5) is 0 Å². The second-order valence-electron chi connectivity index (χ2n) is 4.29. The van der Waals surface area contributed by atoms with Gasteiger partial charge in [0.1, 0.15) is 5.75 Å². The molecule has 0 spiro atoms. The molecule has 100 valence electrons. The lowest BCUT2D eigenvalue weighted by Crippen LogP contribution is -1.96. The van der Waals surface area contributed by atoms with E-state index in [2.05, 4.69) is 6.92 Å². The van der Waals surface area contributed by atoms with Crippen molar-refractivity contribution in [1.29, 1.82) is 0 Å². The van der Waals surface area contributed by atoms with E-state index in [4.69, 9.17) is 15.2 Å². The lowest BCUT2D eigenvalue weighted by molar-refractivity contribution is 0.378. The molecule has 0 aliphatic heterocycles. The van der Waals surface area contributed by atoms with E-state index < -0.39 is 0 Å². The van der Waals surface area contributed by atoms with Crippen LogP contribution in [0, 0.1) is 0 Å². The number of ether oxygens (including phenoxy) is 2. The minimum Gasteiger partial charge on any atom is -0.493 e. The predicted octanol–water partition coefficient (Wildman–Crippen LogP) is 3.51. The highest BCUT2D eigenvalue weighted by atomic mass is 16.5. The third-order valence-electron chi connectivity index (χ3n) is 3.02. The van der Waals surface area contributed by atoms with Crippen LogP contribution in [0.25, 0.3) is 0 Å². The van der Waals surface area contributed by atoms with Crippen molar-refractivity contribution in [2.24, 2.45) is 5.73 Å². The zero-order chi connectivity index (χ0) is 13.7. The van der Waals surface area contributed by atoms with Gasteiger partial charge in [0, 0.05) is 6.54 Å². The summed E-state index contributed by atoms with van der Waals surface area (Å²) < 4.78 is 11.2. The number of rotatable bonds is 5. The Morgan fingerprint density at radius 1 is 0.947 bits per heavy atom. The summed E-state index contributed by atoms with van der Waals surface area (Å²) in [4.78, 5) is 0. The molecule has 2 N–H and O–H groups in total. The van der Waals surface area contributed by atoms with E-state index in [1.807, 2.05) is 42.5 Å². The zero-order valence-corrected chi connectivity index (χ0v) is 11.3. The SMILES string of the molecule is CCc1ccc(Oc2ccc(CN)cc2)c(OC)c1. The maximum Gasteiger partial charge on any atom is 0.169 e. The summed E-state index contributed by atoms with van der Waals surface area (Å²) in [6.45, 7) is 2.65. The van der Waals surface area contributed by atoms with Crippen LogP contribution in [-0.4, -0.2) is 7.11 Å². The number of benzene rings is 2. The third-order valence-corrected chi connectivity index (χ3v) is 3.02. The van der Waals surface area contributed by atoms with Crippen LogP contribution in [0.1, 0.15) is 18.1 Å². The molecule has 0 amide bonds. The van der Waals surface area contributed by atoms with Crippen LogP contribution in [-0.2, 0) is 13.0 Å². The van der Waals surface area contributed by atoms with Crippen molar-refractivity contribution < 1.29 is 9.47 Å². The molecule has 0 aliphatic rings. The van der Waals surface area contributed by atoms with Crippen LogP contribution in [0.3, 0.4) is 0 Å². The average Bonchev–Trinajstić information content (AvgIpc) is 2.48. The molecule has 3 nitrogen and oxygen atoms in total. The minimum absolute atomic E-state index is 0.537. The number of nitrogens with two attached hydrogens (primary N) is 1. The first kappa shape index (κ1) is 13.4. The maximum atomic E-state index is 5.83. The molecule has 2 aromatic rings. The molecule has 3 heteroatoms. The highest BCUT2D eigenvalue weighted by Crippen LogP contribution is 2.32. The van der Waals surface area contributed by atoms with Gasteiger partial charge in [-0.2, -0.15) is 0 Å². The van der Waals surface area contributed by atoms with Crippen LogP contribution in [0.15, 0.2) is 42.5 Å². The van der Waals surface area contributed by atoms with Gasteiger partial charge in [0.15, 0.2) is 11.5 Å². The molecule has 0 saturated carbocycles.